The predicted octanol–water partition coefficient (Wildman–Crippen LogP) is 0.741. The van der Waals surface area contributed by atoms with Crippen LogP contribution in [0.25, 0.3) is 11.4 Å². The highest BCUT2D eigenvalue weighted by Crippen LogP contribution is 2.24. The summed E-state index contributed by atoms with van der Waals surface area (Å²) in [6.07, 6.45) is 1.57. The standard InChI is InChI=1S/C11H15N5O2S/c1-7-8(4-5-18-7)10-13-14-11(16(10)12)19-6-9(17)15(2)3/h4-5H,6,12H2,1-3H3. The average molecular weight is 281 g/mol. The Balaban J connectivity index is 2.15. The number of hydrogen-bond donors (Lipinski definition) is 1. The van der Waals surface area contributed by atoms with Crippen molar-refractivity contribution in [3.8, 4) is 11.4 Å². The Kier molecular flexibility index (Phi) is 3.79. The Morgan fingerprint density at radius 2 is 2.26 bits per heavy atom. The van der Waals surface area contributed by atoms with Crippen LogP contribution in [0.5, 0.6) is 0 Å². The second-order valence-electron chi connectivity index (χ2n) is 4.14. The highest BCUT2D eigenvalue weighted by atomic mass is 32.2. The van der Waals surface area contributed by atoms with Gasteiger partial charge in [-0.2, -0.15) is 0 Å². The van der Waals surface area contributed by atoms with Crippen LogP contribution in [0.15, 0.2) is 21.9 Å². The van der Waals surface area contributed by atoms with Crippen molar-refractivity contribution in [2.24, 2.45) is 0 Å². The summed E-state index contributed by atoms with van der Waals surface area (Å²) >= 11 is 1.25. The maximum atomic E-state index is 11.5. The number of amides is 1. The summed E-state index contributed by atoms with van der Waals surface area (Å²) in [6, 6.07) is 1.78. The van der Waals surface area contributed by atoms with E-state index in [-0.39, 0.29) is 11.7 Å². The number of furan rings is 1. The SMILES string of the molecule is Cc1occc1-c1nnc(SCC(=O)N(C)C)n1N. The predicted molar refractivity (Wildman–Crippen MR) is 72.0 cm³/mol. The van der Waals surface area contributed by atoms with Gasteiger partial charge in [0, 0.05) is 14.1 Å². The molecule has 0 saturated heterocycles. The van der Waals surface area contributed by atoms with Gasteiger partial charge in [-0.05, 0) is 13.0 Å². The van der Waals surface area contributed by atoms with Crippen LogP contribution in [-0.2, 0) is 4.79 Å². The van der Waals surface area contributed by atoms with Crippen LogP contribution in [0, 0.1) is 6.92 Å². The van der Waals surface area contributed by atoms with Crippen molar-refractivity contribution in [3.05, 3.63) is 18.1 Å². The molecule has 0 bridgehead atoms. The Labute approximate surface area is 114 Å². The lowest BCUT2D eigenvalue weighted by atomic mass is 10.2. The zero-order chi connectivity index (χ0) is 14.0. The van der Waals surface area contributed by atoms with Crippen molar-refractivity contribution in [1.29, 1.82) is 0 Å². The van der Waals surface area contributed by atoms with Crippen molar-refractivity contribution in [2.45, 2.75) is 12.1 Å². The molecule has 0 aliphatic rings. The molecule has 2 heterocycles. The molecule has 0 atom stereocenters. The van der Waals surface area contributed by atoms with Crippen LogP contribution in [0.1, 0.15) is 5.76 Å². The molecule has 0 spiro atoms. The van der Waals surface area contributed by atoms with E-state index in [0.717, 1.165) is 11.3 Å². The number of hydrogen-bond acceptors (Lipinski definition) is 6. The van der Waals surface area contributed by atoms with Gasteiger partial charge in [-0.25, -0.2) is 4.68 Å². The molecule has 2 aromatic rings. The first-order valence-electron chi connectivity index (χ1n) is 5.58. The van der Waals surface area contributed by atoms with Crippen LogP contribution < -0.4 is 5.84 Å². The van der Waals surface area contributed by atoms with E-state index < -0.39 is 0 Å². The van der Waals surface area contributed by atoms with Gasteiger partial charge in [0.25, 0.3) is 0 Å². The molecule has 0 unspecified atom stereocenters. The van der Waals surface area contributed by atoms with Gasteiger partial charge in [0.05, 0.1) is 17.6 Å². The number of thioether (sulfide) groups is 1. The topological polar surface area (TPSA) is 90.2 Å². The molecule has 0 saturated carbocycles. The summed E-state index contributed by atoms with van der Waals surface area (Å²) in [6.45, 7) is 1.83. The fraction of sp³-hybridized carbons (Fsp3) is 0.364. The highest BCUT2D eigenvalue weighted by molar-refractivity contribution is 7.99. The molecule has 0 aromatic carbocycles. The van der Waals surface area contributed by atoms with Gasteiger partial charge in [0.2, 0.25) is 11.1 Å². The summed E-state index contributed by atoms with van der Waals surface area (Å²) in [4.78, 5) is 13.0. The largest absolute Gasteiger partial charge is 0.469 e. The minimum atomic E-state index is -0.00552. The van der Waals surface area contributed by atoms with E-state index in [2.05, 4.69) is 10.2 Å². The number of aromatic nitrogens is 3. The summed E-state index contributed by atoms with van der Waals surface area (Å²) < 4.78 is 6.58. The van der Waals surface area contributed by atoms with E-state index in [1.54, 1.807) is 26.4 Å². The Morgan fingerprint density at radius 1 is 1.53 bits per heavy atom. The van der Waals surface area contributed by atoms with E-state index >= 15 is 0 Å². The van der Waals surface area contributed by atoms with Crippen molar-refractivity contribution in [2.75, 3.05) is 25.7 Å². The minimum Gasteiger partial charge on any atom is -0.469 e. The van der Waals surface area contributed by atoms with Crippen LogP contribution in [0.2, 0.25) is 0 Å². The molecule has 0 radical (unpaired) electrons. The molecule has 2 rings (SSSR count). The molecular formula is C11H15N5O2S. The first kappa shape index (κ1) is 13.5. The van der Waals surface area contributed by atoms with E-state index in [1.165, 1.54) is 21.3 Å². The molecule has 2 N–H and O–H groups in total. The third-order valence-electron chi connectivity index (χ3n) is 2.59. The monoisotopic (exact) mass is 281 g/mol. The Morgan fingerprint density at radius 3 is 2.84 bits per heavy atom. The van der Waals surface area contributed by atoms with Gasteiger partial charge < -0.3 is 15.2 Å². The second kappa shape index (κ2) is 5.35. The molecule has 1 amide bonds. The van der Waals surface area contributed by atoms with Crippen LogP contribution in [0.3, 0.4) is 0 Å². The lowest BCUT2D eigenvalue weighted by Gasteiger charge is -2.09. The average Bonchev–Trinajstić information content (AvgIpc) is 2.92. The summed E-state index contributed by atoms with van der Waals surface area (Å²) in [7, 11) is 3.41. The number of nitrogens with zero attached hydrogens (tertiary/aromatic N) is 4. The molecule has 7 nitrogen and oxygen atoms in total. The van der Waals surface area contributed by atoms with Gasteiger partial charge in [0.15, 0.2) is 5.82 Å². The lowest BCUT2D eigenvalue weighted by molar-refractivity contribution is -0.125. The first-order chi connectivity index (χ1) is 9.00. The third kappa shape index (κ3) is 2.73. The van der Waals surface area contributed by atoms with E-state index in [9.17, 15) is 4.79 Å². The molecule has 0 aliphatic carbocycles. The lowest BCUT2D eigenvalue weighted by Crippen LogP contribution is -2.24. The molecule has 0 aliphatic heterocycles. The van der Waals surface area contributed by atoms with Gasteiger partial charge in [-0.3, -0.25) is 4.79 Å². The van der Waals surface area contributed by atoms with Gasteiger partial charge in [0.1, 0.15) is 5.76 Å². The number of rotatable bonds is 4. The fourth-order valence-electron chi connectivity index (χ4n) is 1.43. The second-order valence-corrected chi connectivity index (χ2v) is 5.09. The van der Waals surface area contributed by atoms with Gasteiger partial charge in [-0.15, -0.1) is 10.2 Å². The number of carbonyl (C=O) groups excluding carboxylic acids is 1. The molecular weight excluding hydrogens is 266 g/mol. The quantitative estimate of drug-likeness (QED) is 0.656. The van der Waals surface area contributed by atoms with Gasteiger partial charge >= 0.3 is 0 Å². The van der Waals surface area contributed by atoms with Crippen LogP contribution in [0.4, 0.5) is 0 Å². The summed E-state index contributed by atoms with van der Waals surface area (Å²) in [5, 5.41) is 8.50. The van der Waals surface area contributed by atoms with E-state index in [4.69, 9.17) is 10.3 Å². The van der Waals surface area contributed by atoms with Crippen molar-refractivity contribution in [1.82, 2.24) is 19.8 Å². The molecule has 19 heavy (non-hydrogen) atoms. The fourth-order valence-corrected chi connectivity index (χ4v) is 2.27. The maximum absolute atomic E-state index is 11.5. The zero-order valence-corrected chi connectivity index (χ0v) is 11.8. The minimum absolute atomic E-state index is 0.00552. The summed E-state index contributed by atoms with van der Waals surface area (Å²) in [5.41, 5.74) is 0.792. The van der Waals surface area contributed by atoms with Crippen molar-refractivity contribution in [3.63, 3.8) is 0 Å². The van der Waals surface area contributed by atoms with Crippen LogP contribution >= 0.6 is 11.8 Å². The zero-order valence-electron chi connectivity index (χ0n) is 11.0. The third-order valence-corrected chi connectivity index (χ3v) is 3.52. The van der Waals surface area contributed by atoms with Crippen molar-refractivity contribution < 1.29 is 9.21 Å². The molecule has 8 heteroatoms. The molecule has 0 fully saturated rings. The Hall–Kier alpha value is -1.96. The van der Waals surface area contributed by atoms with E-state index in [1.807, 2.05) is 6.92 Å². The smallest absolute Gasteiger partial charge is 0.232 e. The first-order valence-corrected chi connectivity index (χ1v) is 6.57. The van der Waals surface area contributed by atoms with Crippen molar-refractivity contribution >= 4 is 17.7 Å². The molecule has 102 valence electrons. The van der Waals surface area contributed by atoms with Gasteiger partial charge in [-0.1, -0.05) is 11.8 Å². The number of nitrogens with two attached hydrogens (primary N) is 1. The Bertz CT molecular complexity index is 590. The number of nitrogen functional groups attached to an aromatic ring is 1. The maximum Gasteiger partial charge on any atom is 0.232 e. The summed E-state index contributed by atoms with van der Waals surface area (Å²) in [5.74, 6) is 7.44. The number of carbonyl (C=O) groups is 1. The normalized spacial score (nSPS) is 10.7. The van der Waals surface area contributed by atoms with E-state index in [0.29, 0.717) is 11.0 Å². The molecule has 2 aromatic heterocycles. The number of aryl methyl sites for hydroxylation is 1. The highest BCUT2D eigenvalue weighted by Gasteiger charge is 2.16. The van der Waals surface area contributed by atoms with Crippen LogP contribution in [-0.4, -0.2) is 45.5 Å².